The van der Waals surface area contributed by atoms with Crippen molar-refractivity contribution >= 4 is 53.9 Å². The topological polar surface area (TPSA) is 0 Å². The van der Waals surface area contributed by atoms with Gasteiger partial charge in [0.1, 0.15) is 0 Å². The molecule has 0 saturated carbocycles. The molecule has 55 heavy (non-hydrogen) atoms. The molecule has 0 unspecified atom stereocenters. The van der Waals surface area contributed by atoms with Gasteiger partial charge in [0.15, 0.2) is 0 Å². The summed E-state index contributed by atoms with van der Waals surface area (Å²) < 4.78 is 0. The van der Waals surface area contributed by atoms with Crippen LogP contribution >= 0.6 is 0 Å². The van der Waals surface area contributed by atoms with Crippen LogP contribution in [0.25, 0.3) is 98.4 Å². The Kier molecular flexibility index (Phi) is 5.65. The van der Waals surface area contributed by atoms with E-state index < -0.39 is 5.41 Å². The average molecular weight is 693 g/mol. The summed E-state index contributed by atoms with van der Waals surface area (Å²) in [5, 5.41) is 13.0. The van der Waals surface area contributed by atoms with Gasteiger partial charge in [0.2, 0.25) is 0 Å². The van der Waals surface area contributed by atoms with E-state index in [1.807, 2.05) is 0 Å². The Labute approximate surface area is 318 Å². The van der Waals surface area contributed by atoms with Gasteiger partial charge in [0.25, 0.3) is 0 Å². The molecule has 0 saturated heterocycles. The Morgan fingerprint density at radius 2 is 0.782 bits per heavy atom. The van der Waals surface area contributed by atoms with E-state index in [0.29, 0.717) is 0 Å². The number of hydrogen-bond donors (Lipinski definition) is 0. The molecular weight excluding hydrogens is 661 g/mol. The van der Waals surface area contributed by atoms with Crippen LogP contribution in [0.3, 0.4) is 0 Å². The smallest absolute Gasteiger partial charge is 0.0619 e. The summed E-state index contributed by atoms with van der Waals surface area (Å²) in [6.07, 6.45) is 0. The lowest BCUT2D eigenvalue weighted by Gasteiger charge is -2.30. The van der Waals surface area contributed by atoms with Gasteiger partial charge < -0.3 is 0 Å². The van der Waals surface area contributed by atoms with E-state index in [9.17, 15) is 0 Å². The van der Waals surface area contributed by atoms with Crippen LogP contribution in [0.4, 0.5) is 0 Å². The average Bonchev–Trinajstić information content (AvgIpc) is 3.72. The lowest BCUT2D eigenvalue weighted by molar-refractivity contribution is 0.794. The van der Waals surface area contributed by atoms with Crippen LogP contribution in [-0.4, -0.2) is 0 Å². The third kappa shape index (κ3) is 3.76. The van der Waals surface area contributed by atoms with Gasteiger partial charge in [0, 0.05) is 0 Å². The minimum atomic E-state index is -0.406. The largest absolute Gasteiger partial charge is 0.0725 e. The summed E-state index contributed by atoms with van der Waals surface area (Å²) in [5.74, 6) is 0. The first-order valence-corrected chi connectivity index (χ1v) is 19.3. The maximum absolute atomic E-state index is 2.50. The minimum Gasteiger partial charge on any atom is -0.0619 e. The van der Waals surface area contributed by atoms with Gasteiger partial charge in [-0.2, -0.15) is 0 Å². The molecule has 0 fully saturated rings. The van der Waals surface area contributed by atoms with E-state index in [1.54, 1.807) is 0 Å². The highest BCUT2D eigenvalue weighted by atomic mass is 14.5. The lowest BCUT2D eigenvalue weighted by Crippen LogP contribution is -2.25. The molecule has 0 heteroatoms. The second-order valence-electron chi connectivity index (χ2n) is 15.6. The van der Waals surface area contributed by atoms with Gasteiger partial charge in [-0.1, -0.05) is 170 Å². The number of benzene rings is 11. The van der Waals surface area contributed by atoms with Crippen molar-refractivity contribution in [2.75, 3.05) is 0 Å². The maximum Gasteiger partial charge on any atom is 0.0725 e. The van der Waals surface area contributed by atoms with Gasteiger partial charge >= 0.3 is 0 Å². The molecule has 0 heterocycles. The fourth-order valence-electron chi connectivity index (χ4n) is 10.7. The van der Waals surface area contributed by atoms with Crippen LogP contribution in [0.1, 0.15) is 22.3 Å². The molecule has 0 aliphatic heterocycles. The van der Waals surface area contributed by atoms with E-state index in [-0.39, 0.29) is 0 Å². The zero-order valence-electron chi connectivity index (χ0n) is 30.0. The Morgan fingerprint density at radius 1 is 0.255 bits per heavy atom. The van der Waals surface area contributed by atoms with E-state index in [2.05, 4.69) is 194 Å². The minimum absolute atomic E-state index is 0.406. The number of hydrogen-bond acceptors (Lipinski definition) is 0. The molecule has 0 radical (unpaired) electrons. The van der Waals surface area contributed by atoms with Gasteiger partial charge in [-0.05, 0) is 145 Å². The van der Waals surface area contributed by atoms with Crippen LogP contribution in [0.5, 0.6) is 0 Å². The first-order chi connectivity index (χ1) is 27.3. The molecular formula is C55H32. The second kappa shape index (κ2) is 10.6. The Morgan fingerprint density at radius 3 is 1.55 bits per heavy atom. The molecule has 11 aromatic rings. The van der Waals surface area contributed by atoms with Crippen LogP contribution < -0.4 is 0 Å². The van der Waals surface area contributed by atoms with E-state index >= 15 is 0 Å². The highest BCUT2D eigenvalue weighted by molar-refractivity contribution is 6.24. The fraction of sp³-hybridized carbons (Fsp3) is 0.0182. The van der Waals surface area contributed by atoms with Gasteiger partial charge in [-0.3, -0.25) is 0 Å². The normalized spacial score (nSPS) is 13.6. The molecule has 11 aromatic carbocycles. The summed E-state index contributed by atoms with van der Waals surface area (Å²) >= 11 is 0. The third-order valence-corrected chi connectivity index (χ3v) is 13.0. The van der Waals surface area contributed by atoms with Crippen molar-refractivity contribution in [2.45, 2.75) is 5.41 Å². The Hall–Kier alpha value is -7.02. The zero-order chi connectivity index (χ0) is 35.8. The first kappa shape index (κ1) is 29.4. The standard InChI is InChI=1S/C55H32/c1-2-10-36-29-38(22-19-33(36)9-1)42-15-8-16-46-43(42)26-28-51-54(46)47-32-37(41-30-39-23-20-34-11-7-12-35-21-24-40(31-41)53(39)52(34)35)25-27-50(47)55(51)48-17-5-3-13-44(48)45-14-4-6-18-49(45)55/h1-32H. The molecule has 0 N–H and O–H groups in total. The molecule has 0 atom stereocenters. The summed E-state index contributed by atoms with van der Waals surface area (Å²) in [6, 6.07) is 73.5. The predicted molar refractivity (Wildman–Crippen MR) is 232 cm³/mol. The molecule has 2 aliphatic rings. The molecule has 1 spiro atoms. The molecule has 0 aromatic heterocycles. The summed E-state index contributed by atoms with van der Waals surface area (Å²) in [6.45, 7) is 0. The van der Waals surface area contributed by atoms with Crippen LogP contribution in [0.15, 0.2) is 194 Å². The highest BCUT2D eigenvalue weighted by Crippen LogP contribution is 2.64. The van der Waals surface area contributed by atoms with Gasteiger partial charge in [-0.15, -0.1) is 0 Å². The molecule has 252 valence electrons. The number of fused-ring (bicyclic) bond motifs is 13. The van der Waals surface area contributed by atoms with Gasteiger partial charge in [-0.25, -0.2) is 0 Å². The summed E-state index contributed by atoms with van der Waals surface area (Å²) in [4.78, 5) is 0. The first-order valence-electron chi connectivity index (χ1n) is 19.3. The van der Waals surface area contributed by atoms with Crippen molar-refractivity contribution in [1.29, 1.82) is 0 Å². The summed E-state index contributed by atoms with van der Waals surface area (Å²) in [7, 11) is 0. The molecule has 2 aliphatic carbocycles. The van der Waals surface area contributed by atoms with Crippen molar-refractivity contribution in [3.63, 3.8) is 0 Å². The molecule has 13 rings (SSSR count). The van der Waals surface area contributed by atoms with E-state index in [0.717, 1.165) is 0 Å². The van der Waals surface area contributed by atoms with Crippen molar-refractivity contribution < 1.29 is 0 Å². The molecule has 0 amide bonds. The lowest BCUT2D eigenvalue weighted by atomic mass is 9.70. The maximum atomic E-state index is 2.50. The van der Waals surface area contributed by atoms with Crippen LogP contribution in [0, 0.1) is 0 Å². The quantitative estimate of drug-likeness (QED) is 0.158. The van der Waals surface area contributed by atoms with Gasteiger partial charge in [0.05, 0.1) is 5.41 Å². The zero-order valence-corrected chi connectivity index (χ0v) is 30.0. The highest BCUT2D eigenvalue weighted by Gasteiger charge is 2.52. The third-order valence-electron chi connectivity index (χ3n) is 13.0. The number of rotatable bonds is 2. The molecule has 0 nitrogen and oxygen atoms in total. The van der Waals surface area contributed by atoms with Crippen molar-refractivity contribution in [3.8, 4) is 44.5 Å². The SMILES string of the molecule is c1ccc2c(c1)-c1ccccc1C21c2ccc(-c3cc4ccc5cccc6ccc(c3)c4c56)cc2-c2c1ccc1c(-c3ccc4ccccc4c3)cccc21. The predicted octanol–water partition coefficient (Wildman–Crippen LogP) is 14.6. The van der Waals surface area contributed by atoms with Crippen LogP contribution in [0.2, 0.25) is 0 Å². The second-order valence-corrected chi connectivity index (χ2v) is 15.6. The van der Waals surface area contributed by atoms with E-state index in [4.69, 9.17) is 0 Å². The van der Waals surface area contributed by atoms with Crippen LogP contribution in [-0.2, 0) is 5.41 Å². The van der Waals surface area contributed by atoms with Crippen molar-refractivity contribution in [1.82, 2.24) is 0 Å². The Balaban J connectivity index is 1.11. The fourth-order valence-corrected chi connectivity index (χ4v) is 10.7. The monoisotopic (exact) mass is 692 g/mol. The Bertz CT molecular complexity index is 3320. The van der Waals surface area contributed by atoms with Crippen molar-refractivity contribution in [2.24, 2.45) is 0 Å². The summed E-state index contributed by atoms with van der Waals surface area (Å²) in [5.41, 5.74) is 15.4. The van der Waals surface area contributed by atoms with Crippen molar-refractivity contribution in [3.05, 3.63) is 216 Å². The molecule has 0 bridgehead atoms. The van der Waals surface area contributed by atoms with E-state index in [1.165, 1.54) is 121 Å².